The van der Waals surface area contributed by atoms with Gasteiger partial charge >= 0.3 is 5.97 Å². The Kier molecular flexibility index (Phi) is 5.94. The van der Waals surface area contributed by atoms with Crippen LogP contribution in [0.25, 0.3) is 10.2 Å². The normalized spacial score (nSPS) is 13.1. The maximum Gasteiger partial charge on any atom is 0.338 e. The van der Waals surface area contributed by atoms with Gasteiger partial charge in [0, 0.05) is 23.5 Å². The molecule has 30 heavy (non-hydrogen) atoms. The number of rotatable bonds is 6. The quantitative estimate of drug-likeness (QED) is 0.610. The van der Waals surface area contributed by atoms with E-state index in [9.17, 15) is 14.4 Å². The molecule has 8 heteroatoms. The number of aryl methyl sites for hydroxylation is 3. The van der Waals surface area contributed by atoms with Gasteiger partial charge in [-0.05, 0) is 56.4 Å². The van der Waals surface area contributed by atoms with E-state index in [1.165, 1.54) is 15.8 Å². The van der Waals surface area contributed by atoms with Crippen molar-refractivity contribution in [3.8, 4) is 0 Å². The molecule has 0 spiro atoms. The van der Waals surface area contributed by atoms with E-state index in [1.807, 2.05) is 0 Å². The summed E-state index contributed by atoms with van der Waals surface area (Å²) in [4.78, 5) is 43.7. The average molecular weight is 426 g/mol. The van der Waals surface area contributed by atoms with Gasteiger partial charge in [-0.1, -0.05) is 6.07 Å². The van der Waals surface area contributed by atoms with Gasteiger partial charge in [-0.2, -0.15) is 0 Å². The number of aromatic nitrogens is 2. The molecular weight excluding hydrogens is 402 g/mol. The van der Waals surface area contributed by atoms with Gasteiger partial charge < -0.3 is 10.1 Å². The number of nitrogens with zero attached hydrogens (tertiary/aromatic N) is 2. The number of ether oxygens (including phenoxy) is 1. The maximum atomic E-state index is 13.0. The molecule has 1 aromatic carbocycles. The summed E-state index contributed by atoms with van der Waals surface area (Å²) in [7, 11) is 0. The summed E-state index contributed by atoms with van der Waals surface area (Å²) in [5.74, 6) is -0.672. The van der Waals surface area contributed by atoms with Crippen LogP contribution in [0.1, 0.15) is 47.0 Å². The van der Waals surface area contributed by atoms with E-state index in [-0.39, 0.29) is 31.0 Å². The summed E-state index contributed by atoms with van der Waals surface area (Å²) >= 11 is 1.61. The van der Waals surface area contributed by atoms with Crippen LogP contribution in [0.2, 0.25) is 0 Å². The number of hydrogen-bond donors (Lipinski definition) is 1. The fourth-order valence-corrected chi connectivity index (χ4v) is 4.94. The Labute approximate surface area is 177 Å². The van der Waals surface area contributed by atoms with Crippen LogP contribution in [0.3, 0.4) is 0 Å². The molecule has 0 saturated heterocycles. The van der Waals surface area contributed by atoms with E-state index in [2.05, 4.69) is 10.3 Å². The highest BCUT2D eigenvalue weighted by Crippen LogP contribution is 2.33. The van der Waals surface area contributed by atoms with E-state index in [1.54, 1.807) is 42.5 Å². The zero-order valence-corrected chi connectivity index (χ0v) is 17.6. The number of carbonyl (C=O) groups excluding carboxylic acids is 2. The Morgan fingerprint density at radius 3 is 2.93 bits per heavy atom. The molecule has 0 fully saturated rings. The van der Waals surface area contributed by atoms with Gasteiger partial charge in [-0.3, -0.25) is 14.2 Å². The number of hydrogen-bond acceptors (Lipinski definition) is 6. The smallest absolute Gasteiger partial charge is 0.338 e. The minimum Gasteiger partial charge on any atom is -0.462 e. The second-order valence-corrected chi connectivity index (χ2v) is 8.32. The molecule has 0 saturated carbocycles. The van der Waals surface area contributed by atoms with Gasteiger partial charge in [0.25, 0.3) is 5.56 Å². The molecule has 0 radical (unpaired) electrons. The van der Waals surface area contributed by atoms with Crippen molar-refractivity contribution in [2.24, 2.45) is 0 Å². The lowest BCUT2D eigenvalue weighted by molar-refractivity contribution is -0.116. The van der Waals surface area contributed by atoms with Crippen LogP contribution in [0, 0.1) is 0 Å². The Morgan fingerprint density at radius 1 is 1.27 bits per heavy atom. The van der Waals surface area contributed by atoms with Crippen molar-refractivity contribution in [3.63, 3.8) is 0 Å². The van der Waals surface area contributed by atoms with Gasteiger partial charge in [-0.25, -0.2) is 9.78 Å². The molecule has 0 unspecified atom stereocenters. The molecule has 0 bridgehead atoms. The fraction of sp³-hybridized carbons (Fsp3) is 0.364. The second kappa shape index (κ2) is 8.79. The van der Waals surface area contributed by atoms with Crippen LogP contribution in [0.5, 0.6) is 0 Å². The molecule has 7 nitrogen and oxygen atoms in total. The second-order valence-electron chi connectivity index (χ2n) is 7.23. The van der Waals surface area contributed by atoms with Crippen molar-refractivity contribution in [2.75, 3.05) is 11.9 Å². The number of carbonyl (C=O) groups is 2. The van der Waals surface area contributed by atoms with E-state index >= 15 is 0 Å². The van der Waals surface area contributed by atoms with Gasteiger partial charge in [0.2, 0.25) is 5.91 Å². The summed E-state index contributed by atoms with van der Waals surface area (Å²) in [5, 5.41) is 3.49. The first-order chi connectivity index (χ1) is 14.6. The van der Waals surface area contributed by atoms with E-state index in [4.69, 9.17) is 4.74 Å². The van der Waals surface area contributed by atoms with Gasteiger partial charge in [0.1, 0.15) is 4.83 Å². The zero-order valence-electron chi connectivity index (χ0n) is 16.8. The Morgan fingerprint density at radius 2 is 2.10 bits per heavy atom. The number of esters is 1. The van der Waals surface area contributed by atoms with E-state index < -0.39 is 5.97 Å². The predicted molar refractivity (Wildman–Crippen MR) is 116 cm³/mol. The molecule has 0 atom stereocenters. The highest BCUT2D eigenvalue weighted by atomic mass is 32.1. The maximum absolute atomic E-state index is 13.0. The lowest BCUT2D eigenvalue weighted by Crippen LogP contribution is -2.24. The molecule has 4 rings (SSSR count). The van der Waals surface area contributed by atoms with Crippen LogP contribution < -0.4 is 10.9 Å². The Balaban J connectivity index is 1.45. The van der Waals surface area contributed by atoms with Crippen LogP contribution in [-0.4, -0.2) is 28.0 Å². The highest BCUT2D eigenvalue weighted by molar-refractivity contribution is 7.18. The molecule has 156 valence electrons. The van der Waals surface area contributed by atoms with Crippen molar-refractivity contribution in [1.29, 1.82) is 0 Å². The minimum atomic E-state index is -0.432. The lowest BCUT2D eigenvalue weighted by Gasteiger charge is -2.11. The first-order valence-corrected chi connectivity index (χ1v) is 10.9. The number of nitrogens with one attached hydrogen (secondary N) is 1. The first-order valence-electron chi connectivity index (χ1n) is 10.1. The number of thiophene rings is 1. The largest absolute Gasteiger partial charge is 0.462 e. The van der Waals surface area contributed by atoms with Crippen molar-refractivity contribution in [3.05, 3.63) is 57.0 Å². The SMILES string of the molecule is CCOC(=O)c1cccc(NC(=O)CCn2cnc3sc4c(c3c2=O)CCCC4)c1. The van der Waals surface area contributed by atoms with Crippen LogP contribution in [-0.2, 0) is 28.9 Å². The van der Waals surface area contributed by atoms with Crippen LogP contribution in [0.4, 0.5) is 5.69 Å². The van der Waals surface area contributed by atoms with E-state index in [0.29, 0.717) is 11.3 Å². The topological polar surface area (TPSA) is 90.3 Å². The molecule has 2 aromatic heterocycles. The third-order valence-corrected chi connectivity index (χ3v) is 6.38. The molecule has 3 aromatic rings. The summed E-state index contributed by atoms with van der Waals surface area (Å²) in [6.07, 6.45) is 5.85. The van der Waals surface area contributed by atoms with Crippen LogP contribution >= 0.6 is 11.3 Å². The van der Waals surface area contributed by atoms with Crippen molar-refractivity contribution in [2.45, 2.75) is 45.6 Å². The van der Waals surface area contributed by atoms with Crippen molar-refractivity contribution >= 4 is 39.1 Å². The Hall–Kier alpha value is -3.00. The van der Waals surface area contributed by atoms with E-state index in [0.717, 1.165) is 41.5 Å². The molecule has 1 amide bonds. The Bertz CT molecular complexity index is 1160. The lowest BCUT2D eigenvalue weighted by atomic mass is 9.97. The summed E-state index contributed by atoms with van der Waals surface area (Å²) in [5.41, 5.74) is 1.96. The predicted octanol–water partition coefficient (Wildman–Crippen LogP) is 3.54. The number of anilines is 1. The fourth-order valence-electron chi connectivity index (χ4n) is 3.72. The van der Waals surface area contributed by atoms with Crippen molar-refractivity contribution in [1.82, 2.24) is 9.55 Å². The molecule has 0 aliphatic heterocycles. The van der Waals surface area contributed by atoms with Gasteiger partial charge in [0.15, 0.2) is 0 Å². The van der Waals surface area contributed by atoms with Crippen molar-refractivity contribution < 1.29 is 14.3 Å². The number of benzene rings is 1. The standard InChI is InChI=1S/C22H23N3O4S/c1-2-29-22(28)14-6-5-7-15(12-14)24-18(26)10-11-25-13-23-20-19(21(25)27)16-8-3-4-9-17(16)30-20/h5-7,12-13H,2-4,8-11H2,1H3,(H,24,26). The summed E-state index contributed by atoms with van der Waals surface area (Å²) in [6.45, 7) is 2.27. The molecule has 1 aliphatic carbocycles. The highest BCUT2D eigenvalue weighted by Gasteiger charge is 2.20. The molecule has 1 N–H and O–H groups in total. The van der Waals surface area contributed by atoms with Gasteiger partial charge in [-0.15, -0.1) is 11.3 Å². The third-order valence-electron chi connectivity index (χ3n) is 5.18. The molecule has 2 heterocycles. The van der Waals surface area contributed by atoms with Crippen LogP contribution in [0.15, 0.2) is 35.4 Å². The summed E-state index contributed by atoms with van der Waals surface area (Å²) < 4.78 is 6.49. The first kappa shape index (κ1) is 20.3. The zero-order chi connectivity index (χ0) is 21.1. The number of amides is 1. The average Bonchev–Trinajstić information content (AvgIpc) is 3.13. The van der Waals surface area contributed by atoms with Gasteiger partial charge in [0.05, 0.1) is 23.9 Å². The molecule has 1 aliphatic rings. The summed E-state index contributed by atoms with van der Waals surface area (Å²) in [6, 6.07) is 6.60. The monoisotopic (exact) mass is 425 g/mol. The molecular formula is C22H23N3O4S. The number of fused-ring (bicyclic) bond motifs is 3. The minimum absolute atomic E-state index is 0.0727. The third kappa shape index (κ3) is 4.14.